The number of hydrogen-bond acceptors (Lipinski definition) is 3. The summed E-state index contributed by atoms with van der Waals surface area (Å²) in [6, 6.07) is 11.4. The number of nitrogens with zero attached hydrogens (tertiary/aromatic N) is 3. The minimum absolute atomic E-state index is 0.200. The van der Waals surface area contributed by atoms with Gasteiger partial charge in [0.2, 0.25) is 0 Å². The molecule has 5 nitrogen and oxygen atoms in total. The predicted molar refractivity (Wildman–Crippen MR) is 101 cm³/mol. The van der Waals surface area contributed by atoms with Crippen molar-refractivity contribution in [2.75, 3.05) is 0 Å². The van der Waals surface area contributed by atoms with E-state index in [1.165, 1.54) is 16.8 Å². The highest BCUT2D eigenvalue weighted by Crippen LogP contribution is 2.15. The summed E-state index contributed by atoms with van der Waals surface area (Å²) in [7, 11) is 0. The lowest BCUT2D eigenvalue weighted by atomic mass is 10.1. The highest BCUT2D eigenvalue weighted by atomic mass is 19.1. The minimum atomic E-state index is -0.342. The van der Waals surface area contributed by atoms with Crippen molar-refractivity contribution in [2.45, 2.75) is 33.6 Å². The molecule has 2 aromatic heterocycles. The van der Waals surface area contributed by atoms with E-state index in [1.54, 1.807) is 18.2 Å². The lowest BCUT2D eigenvalue weighted by Crippen LogP contribution is -2.19. The van der Waals surface area contributed by atoms with E-state index >= 15 is 0 Å². The zero-order chi connectivity index (χ0) is 18.7. The van der Waals surface area contributed by atoms with Crippen molar-refractivity contribution in [2.24, 2.45) is 4.99 Å². The van der Waals surface area contributed by atoms with Gasteiger partial charge in [-0.15, -0.1) is 0 Å². The fourth-order valence-electron chi connectivity index (χ4n) is 2.88. The van der Waals surface area contributed by atoms with Crippen molar-refractivity contribution in [3.8, 4) is 5.69 Å². The second kappa shape index (κ2) is 7.47. The average molecular weight is 352 g/mol. The molecule has 0 unspecified atom stereocenters. The van der Waals surface area contributed by atoms with Gasteiger partial charge in [-0.05, 0) is 56.7 Å². The van der Waals surface area contributed by atoms with Crippen molar-refractivity contribution in [3.63, 3.8) is 0 Å². The average Bonchev–Trinajstić information content (AvgIpc) is 2.92. The summed E-state index contributed by atoms with van der Waals surface area (Å²) < 4.78 is 14.6. The Bertz CT molecular complexity index is 999. The maximum Gasteiger partial charge on any atom is 0.280 e. The lowest BCUT2D eigenvalue weighted by molar-refractivity contribution is 0.626. The predicted octanol–water partition coefficient (Wildman–Crippen LogP) is 4.10. The summed E-state index contributed by atoms with van der Waals surface area (Å²) in [5.74, 6) is 0.226. The number of aliphatic imine (C=N–C) groups is 1. The van der Waals surface area contributed by atoms with E-state index in [-0.39, 0.29) is 11.4 Å². The zero-order valence-corrected chi connectivity index (χ0v) is 15.1. The van der Waals surface area contributed by atoms with Gasteiger partial charge in [-0.1, -0.05) is 19.4 Å². The molecule has 0 saturated carbocycles. The second-order valence-corrected chi connectivity index (χ2v) is 6.17. The summed E-state index contributed by atoms with van der Waals surface area (Å²) >= 11 is 0. The first kappa shape index (κ1) is 17.8. The number of hydrogen-bond donors (Lipinski definition) is 1. The molecular formula is C20H21FN4O. The van der Waals surface area contributed by atoms with Gasteiger partial charge in [-0.3, -0.25) is 9.89 Å². The summed E-state index contributed by atoms with van der Waals surface area (Å²) in [4.78, 5) is 21.9. The monoisotopic (exact) mass is 352 g/mol. The maximum absolute atomic E-state index is 13.2. The number of rotatable bonds is 5. The summed E-state index contributed by atoms with van der Waals surface area (Å²) in [5, 5.41) is 3.15. The largest absolute Gasteiger partial charge is 0.294 e. The molecule has 1 aromatic carbocycles. The number of benzene rings is 1. The maximum atomic E-state index is 13.2. The SMILES string of the molecule is CCCc1[nH]n(-c2ccc(F)cc2)c(=O)c1/C(C)=N\c1cccc(C)n1. The van der Waals surface area contributed by atoms with Gasteiger partial charge in [-0.2, -0.15) is 0 Å². The highest BCUT2D eigenvalue weighted by Gasteiger charge is 2.17. The Morgan fingerprint density at radius 1 is 1.23 bits per heavy atom. The normalized spacial score (nSPS) is 11.8. The first-order chi connectivity index (χ1) is 12.5. The molecule has 0 atom stereocenters. The fraction of sp³-hybridized carbons (Fsp3) is 0.250. The molecule has 0 radical (unpaired) electrons. The standard InChI is InChI=1S/C20H21FN4O/c1-4-6-17-19(14(3)23-18-8-5-7-13(2)22-18)20(26)25(24-17)16-11-9-15(21)10-12-16/h5,7-12,24H,4,6H2,1-3H3/b23-14-. The van der Waals surface area contributed by atoms with E-state index in [4.69, 9.17) is 0 Å². The van der Waals surface area contributed by atoms with E-state index in [0.717, 1.165) is 17.8 Å². The van der Waals surface area contributed by atoms with Crippen LogP contribution < -0.4 is 5.56 Å². The van der Waals surface area contributed by atoms with Gasteiger partial charge in [-0.25, -0.2) is 19.0 Å². The van der Waals surface area contributed by atoms with E-state index < -0.39 is 0 Å². The number of aromatic nitrogens is 3. The molecule has 3 rings (SSSR count). The lowest BCUT2D eigenvalue weighted by Gasteiger charge is -2.01. The molecular weight excluding hydrogens is 331 g/mol. The molecule has 0 saturated heterocycles. The molecule has 0 amide bonds. The van der Waals surface area contributed by atoms with Crippen LogP contribution >= 0.6 is 0 Å². The van der Waals surface area contributed by atoms with Crippen molar-refractivity contribution in [1.82, 2.24) is 14.8 Å². The van der Waals surface area contributed by atoms with Crippen LogP contribution in [0.1, 0.15) is 37.2 Å². The second-order valence-electron chi connectivity index (χ2n) is 6.17. The first-order valence-electron chi connectivity index (χ1n) is 8.58. The molecule has 26 heavy (non-hydrogen) atoms. The molecule has 0 aliphatic carbocycles. The van der Waals surface area contributed by atoms with Gasteiger partial charge in [0.25, 0.3) is 5.56 Å². The Morgan fingerprint density at radius 3 is 2.62 bits per heavy atom. The van der Waals surface area contributed by atoms with Crippen LogP contribution in [-0.2, 0) is 6.42 Å². The van der Waals surface area contributed by atoms with Crippen molar-refractivity contribution >= 4 is 11.5 Å². The third-order valence-corrected chi connectivity index (χ3v) is 4.07. The van der Waals surface area contributed by atoms with Crippen molar-refractivity contribution in [1.29, 1.82) is 0 Å². The Morgan fingerprint density at radius 2 is 1.96 bits per heavy atom. The molecule has 0 fully saturated rings. The quantitative estimate of drug-likeness (QED) is 0.703. The van der Waals surface area contributed by atoms with Crippen LogP contribution in [0.4, 0.5) is 10.2 Å². The minimum Gasteiger partial charge on any atom is -0.294 e. The Hall–Kier alpha value is -3.02. The van der Waals surface area contributed by atoms with Crippen LogP contribution in [0, 0.1) is 12.7 Å². The molecule has 0 bridgehead atoms. The number of H-pyrrole nitrogens is 1. The molecule has 1 N–H and O–H groups in total. The van der Waals surface area contributed by atoms with Gasteiger partial charge in [0.15, 0.2) is 5.82 Å². The van der Waals surface area contributed by atoms with E-state index in [1.807, 2.05) is 32.9 Å². The summed E-state index contributed by atoms with van der Waals surface area (Å²) in [6.45, 7) is 5.75. The number of pyridine rings is 1. The number of halogens is 1. The van der Waals surface area contributed by atoms with E-state index in [0.29, 0.717) is 29.2 Å². The third-order valence-electron chi connectivity index (χ3n) is 4.07. The molecule has 6 heteroatoms. The van der Waals surface area contributed by atoms with Gasteiger partial charge < -0.3 is 0 Å². The van der Waals surface area contributed by atoms with Crippen LogP contribution in [0.2, 0.25) is 0 Å². The van der Waals surface area contributed by atoms with E-state index in [2.05, 4.69) is 15.1 Å². The summed E-state index contributed by atoms with van der Waals surface area (Å²) in [5.41, 5.74) is 3.21. The Balaban J connectivity index is 2.11. The Labute approximate surface area is 151 Å². The number of aromatic amines is 1. The van der Waals surface area contributed by atoms with Crippen LogP contribution in [0.25, 0.3) is 5.69 Å². The third kappa shape index (κ3) is 3.64. The highest BCUT2D eigenvalue weighted by molar-refractivity contribution is 6.00. The molecule has 0 aliphatic rings. The molecule has 0 aliphatic heterocycles. The van der Waals surface area contributed by atoms with Crippen LogP contribution in [0.3, 0.4) is 0 Å². The number of nitrogens with one attached hydrogen (secondary N) is 1. The Kier molecular flexibility index (Phi) is 5.11. The van der Waals surface area contributed by atoms with Crippen LogP contribution in [-0.4, -0.2) is 20.5 Å². The van der Waals surface area contributed by atoms with Gasteiger partial charge in [0.1, 0.15) is 5.82 Å². The first-order valence-corrected chi connectivity index (χ1v) is 8.58. The molecule has 2 heterocycles. The van der Waals surface area contributed by atoms with Crippen LogP contribution in [0.5, 0.6) is 0 Å². The smallest absolute Gasteiger partial charge is 0.280 e. The summed E-state index contributed by atoms with van der Waals surface area (Å²) in [6.07, 6.45) is 1.60. The molecule has 0 spiro atoms. The zero-order valence-electron chi connectivity index (χ0n) is 15.1. The van der Waals surface area contributed by atoms with E-state index in [9.17, 15) is 9.18 Å². The van der Waals surface area contributed by atoms with Gasteiger partial charge >= 0.3 is 0 Å². The van der Waals surface area contributed by atoms with Crippen molar-refractivity contribution in [3.05, 3.63) is 75.6 Å². The van der Waals surface area contributed by atoms with Crippen molar-refractivity contribution < 1.29 is 4.39 Å². The molecule has 134 valence electrons. The molecule has 3 aromatic rings. The fourth-order valence-corrected chi connectivity index (χ4v) is 2.88. The van der Waals surface area contributed by atoms with Gasteiger partial charge in [0.05, 0.1) is 17.0 Å². The van der Waals surface area contributed by atoms with Gasteiger partial charge in [0, 0.05) is 11.4 Å². The van der Waals surface area contributed by atoms with Crippen LogP contribution in [0.15, 0.2) is 52.3 Å². The number of aryl methyl sites for hydroxylation is 2. The topological polar surface area (TPSA) is 63.0 Å².